The van der Waals surface area contributed by atoms with E-state index in [0.717, 1.165) is 61.2 Å². The van der Waals surface area contributed by atoms with Crippen molar-refractivity contribution in [1.82, 2.24) is 24.2 Å². The highest BCUT2D eigenvalue weighted by atomic mass is 16.5. The topological polar surface area (TPSA) is 75.0 Å². The Balaban J connectivity index is 1.51. The van der Waals surface area contributed by atoms with Crippen molar-refractivity contribution in [2.45, 2.75) is 13.3 Å². The van der Waals surface area contributed by atoms with Crippen molar-refractivity contribution in [3.8, 4) is 17.0 Å². The summed E-state index contributed by atoms with van der Waals surface area (Å²) in [4.78, 5) is 25.9. The van der Waals surface area contributed by atoms with Gasteiger partial charge >= 0.3 is 0 Å². The Morgan fingerprint density at radius 1 is 1.20 bits per heavy atom. The molecule has 1 aliphatic rings. The number of piperazine rings is 1. The van der Waals surface area contributed by atoms with Crippen molar-refractivity contribution < 1.29 is 9.53 Å². The second-order valence-electron chi connectivity index (χ2n) is 7.31. The third kappa shape index (κ3) is 4.09. The number of methoxy groups -OCH3 is 1. The fourth-order valence-electron chi connectivity index (χ4n) is 3.86. The molecule has 8 nitrogen and oxygen atoms in total. The van der Waals surface area contributed by atoms with Gasteiger partial charge in [-0.15, -0.1) is 0 Å². The fourth-order valence-corrected chi connectivity index (χ4v) is 3.86. The third-order valence-corrected chi connectivity index (χ3v) is 5.60. The fraction of sp³-hybridized carbons (Fsp3) is 0.409. The van der Waals surface area contributed by atoms with Crippen LogP contribution in [0, 0.1) is 0 Å². The lowest BCUT2D eigenvalue weighted by Gasteiger charge is -2.34. The number of anilines is 1. The zero-order valence-corrected chi connectivity index (χ0v) is 17.5. The Labute approximate surface area is 176 Å². The van der Waals surface area contributed by atoms with E-state index >= 15 is 0 Å². The van der Waals surface area contributed by atoms with Crippen LogP contribution in [0.2, 0.25) is 0 Å². The number of nitrogens with one attached hydrogen (secondary N) is 1. The summed E-state index contributed by atoms with van der Waals surface area (Å²) >= 11 is 0. The molecule has 0 spiro atoms. The molecule has 1 saturated heterocycles. The highest BCUT2D eigenvalue weighted by Crippen LogP contribution is 2.34. The predicted octanol–water partition coefficient (Wildman–Crippen LogP) is 2.37. The lowest BCUT2D eigenvalue weighted by atomic mass is 10.1. The molecule has 3 aromatic rings. The number of amides is 1. The van der Waals surface area contributed by atoms with Crippen LogP contribution in [0.5, 0.6) is 5.75 Å². The molecule has 1 aliphatic heterocycles. The summed E-state index contributed by atoms with van der Waals surface area (Å²) in [5.41, 5.74) is 2.42. The number of imidazole rings is 1. The average molecular weight is 409 g/mol. The van der Waals surface area contributed by atoms with Gasteiger partial charge in [0, 0.05) is 57.1 Å². The SMILES string of the molecule is CCN1CCN(C(=O)CCNc2c(-c3ccccc3OC)nc3cnccn23)CC1. The highest BCUT2D eigenvalue weighted by molar-refractivity contribution is 5.81. The first-order chi connectivity index (χ1) is 14.7. The first-order valence-electron chi connectivity index (χ1n) is 10.4. The lowest BCUT2D eigenvalue weighted by molar-refractivity contribution is -0.132. The standard InChI is InChI=1S/C22H28N6O2/c1-3-26-12-14-27(15-13-26)20(29)8-9-24-22-21(17-6-4-5-7-18(17)30-2)25-19-16-23-10-11-28(19)22/h4-7,10-11,16,24H,3,8-9,12-15H2,1-2H3. The van der Waals surface area contributed by atoms with E-state index in [9.17, 15) is 4.79 Å². The molecule has 8 heteroatoms. The van der Waals surface area contributed by atoms with Crippen molar-refractivity contribution >= 4 is 17.4 Å². The molecule has 0 bridgehead atoms. The number of fused-ring (bicyclic) bond motifs is 1. The van der Waals surface area contributed by atoms with E-state index in [1.807, 2.05) is 39.8 Å². The number of hydrogen-bond donors (Lipinski definition) is 1. The molecule has 1 aromatic carbocycles. The van der Waals surface area contributed by atoms with Crippen molar-refractivity contribution in [3.63, 3.8) is 0 Å². The number of benzene rings is 1. The third-order valence-electron chi connectivity index (χ3n) is 5.60. The smallest absolute Gasteiger partial charge is 0.224 e. The summed E-state index contributed by atoms with van der Waals surface area (Å²) in [6, 6.07) is 7.80. The van der Waals surface area contributed by atoms with Gasteiger partial charge in [0.15, 0.2) is 5.65 Å². The molecule has 0 unspecified atom stereocenters. The molecular weight excluding hydrogens is 380 g/mol. The van der Waals surface area contributed by atoms with Crippen molar-refractivity contribution in [3.05, 3.63) is 42.9 Å². The number of rotatable bonds is 7. The van der Waals surface area contributed by atoms with Crippen LogP contribution in [0.4, 0.5) is 5.82 Å². The largest absolute Gasteiger partial charge is 0.496 e. The first kappa shape index (κ1) is 20.2. The number of carbonyl (C=O) groups is 1. The number of nitrogens with zero attached hydrogens (tertiary/aromatic N) is 5. The highest BCUT2D eigenvalue weighted by Gasteiger charge is 2.21. The molecule has 0 atom stereocenters. The molecule has 30 heavy (non-hydrogen) atoms. The Kier molecular flexibility index (Phi) is 6.13. The molecule has 1 fully saturated rings. The summed E-state index contributed by atoms with van der Waals surface area (Å²) in [6.07, 6.45) is 5.76. The average Bonchev–Trinajstić information content (AvgIpc) is 3.17. The number of likely N-dealkylation sites (N-methyl/N-ethyl adjacent to an activating group) is 1. The number of carbonyl (C=O) groups excluding carboxylic acids is 1. The monoisotopic (exact) mass is 408 g/mol. The number of ether oxygens (including phenoxy) is 1. The minimum Gasteiger partial charge on any atom is -0.496 e. The molecule has 4 rings (SSSR count). The van der Waals surface area contributed by atoms with Crippen LogP contribution in [0.3, 0.4) is 0 Å². The van der Waals surface area contributed by atoms with E-state index in [1.54, 1.807) is 19.5 Å². The van der Waals surface area contributed by atoms with Gasteiger partial charge in [-0.05, 0) is 18.7 Å². The number of aromatic nitrogens is 3. The Bertz CT molecular complexity index is 1010. The van der Waals surface area contributed by atoms with Crippen molar-refractivity contribution in [1.29, 1.82) is 0 Å². The van der Waals surface area contributed by atoms with Crippen LogP contribution in [-0.4, -0.2) is 76.5 Å². The summed E-state index contributed by atoms with van der Waals surface area (Å²) in [6.45, 7) is 7.25. The van der Waals surface area contributed by atoms with Gasteiger partial charge in [0.25, 0.3) is 0 Å². The van der Waals surface area contributed by atoms with Gasteiger partial charge in [-0.3, -0.25) is 14.2 Å². The van der Waals surface area contributed by atoms with Crippen LogP contribution in [-0.2, 0) is 4.79 Å². The van der Waals surface area contributed by atoms with E-state index in [0.29, 0.717) is 13.0 Å². The van der Waals surface area contributed by atoms with Crippen LogP contribution < -0.4 is 10.1 Å². The summed E-state index contributed by atoms with van der Waals surface area (Å²) in [5, 5.41) is 3.44. The van der Waals surface area contributed by atoms with Crippen LogP contribution in [0.25, 0.3) is 16.9 Å². The first-order valence-corrected chi connectivity index (χ1v) is 10.4. The van der Waals surface area contributed by atoms with Crippen LogP contribution in [0.1, 0.15) is 13.3 Å². The Morgan fingerprint density at radius 3 is 2.77 bits per heavy atom. The maximum Gasteiger partial charge on any atom is 0.224 e. The van der Waals surface area contributed by atoms with Crippen molar-refractivity contribution in [2.75, 3.05) is 51.7 Å². The maximum atomic E-state index is 12.7. The summed E-state index contributed by atoms with van der Waals surface area (Å²) < 4.78 is 7.49. The minimum atomic E-state index is 0.188. The van der Waals surface area contributed by atoms with E-state index in [-0.39, 0.29) is 5.91 Å². The maximum absolute atomic E-state index is 12.7. The van der Waals surface area contributed by atoms with Gasteiger partial charge in [-0.25, -0.2) is 4.98 Å². The van der Waals surface area contributed by atoms with Gasteiger partial charge in [-0.2, -0.15) is 0 Å². The van der Waals surface area contributed by atoms with Gasteiger partial charge in [-0.1, -0.05) is 19.1 Å². The van der Waals surface area contributed by atoms with E-state index in [1.165, 1.54) is 0 Å². The number of para-hydroxylation sites is 1. The van der Waals surface area contributed by atoms with Crippen molar-refractivity contribution in [2.24, 2.45) is 0 Å². The molecule has 0 aliphatic carbocycles. The second kappa shape index (κ2) is 9.13. The number of hydrogen-bond acceptors (Lipinski definition) is 6. The molecule has 2 aromatic heterocycles. The van der Waals surface area contributed by atoms with E-state index < -0.39 is 0 Å². The Hall–Kier alpha value is -3.13. The molecule has 3 heterocycles. The predicted molar refractivity (Wildman–Crippen MR) is 117 cm³/mol. The molecule has 0 saturated carbocycles. The van der Waals surface area contributed by atoms with Gasteiger partial charge < -0.3 is 19.9 Å². The zero-order chi connectivity index (χ0) is 20.9. The van der Waals surface area contributed by atoms with Gasteiger partial charge in [0.2, 0.25) is 5.91 Å². The quantitative estimate of drug-likeness (QED) is 0.647. The molecule has 0 radical (unpaired) electrons. The normalized spacial score (nSPS) is 14.8. The molecule has 158 valence electrons. The molecule has 1 amide bonds. The van der Waals surface area contributed by atoms with E-state index in [2.05, 4.69) is 22.1 Å². The molecule has 1 N–H and O–H groups in total. The lowest BCUT2D eigenvalue weighted by Crippen LogP contribution is -2.48. The van der Waals surface area contributed by atoms with Crippen LogP contribution >= 0.6 is 0 Å². The Morgan fingerprint density at radius 2 is 2.00 bits per heavy atom. The van der Waals surface area contributed by atoms with Gasteiger partial charge in [0.05, 0.1) is 13.3 Å². The minimum absolute atomic E-state index is 0.188. The zero-order valence-electron chi connectivity index (χ0n) is 17.5. The van der Waals surface area contributed by atoms with Crippen LogP contribution in [0.15, 0.2) is 42.9 Å². The summed E-state index contributed by atoms with van der Waals surface area (Å²) in [5.74, 6) is 1.77. The second-order valence-corrected chi connectivity index (χ2v) is 7.31. The van der Waals surface area contributed by atoms with E-state index in [4.69, 9.17) is 9.72 Å². The van der Waals surface area contributed by atoms with Gasteiger partial charge in [0.1, 0.15) is 17.3 Å². The molecular formula is C22H28N6O2. The summed E-state index contributed by atoms with van der Waals surface area (Å²) in [7, 11) is 1.65.